The predicted octanol–water partition coefficient (Wildman–Crippen LogP) is 5.73. The SMILES string of the molecule is CC(C)(c1ccc(C(=O)Cc2ccnc(N)n2)cc1)c1cc(Cl)c(OCCCl)c(Cl)c1. The number of benzene rings is 2. The lowest BCUT2D eigenvalue weighted by molar-refractivity contribution is 0.0992. The third-order valence-electron chi connectivity index (χ3n) is 5.05. The Morgan fingerprint density at radius 2 is 1.71 bits per heavy atom. The van der Waals surface area contributed by atoms with Gasteiger partial charge in [0, 0.05) is 17.2 Å². The van der Waals surface area contributed by atoms with Crippen molar-refractivity contribution in [3.63, 3.8) is 0 Å². The van der Waals surface area contributed by atoms with Crippen LogP contribution >= 0.6 is 34.8 Å². The third-order valence-corrected chi connectivity index (χ3v) is 5.76. The molecule has 0 amide bonds. The number of halogens is 3. The molecule has 0 aliphatic carbocycles. The Labute approximate surface area is 196 Å². The first-order valence-corrected chi connectivity index (χ1v) is 10.9. The maximum Gasteiger partial charge on any atom is 0.220 e. The van der Waals surface area contributed by atoms with E-state index >= 15 is 0 Å². The largest absolute Gasteiger partial charge is 0.489 e. The van der Waals surface area contributed by atoms with Gasteiger partial charge >= 0.3 is 0 Å². The molecule has 0 bridgehead atoms. The van der Waals surface area contributed by atoms with Gasteiger partial charge in [-0.25, -0.2) is 9.97 Å². The zero-order valence-electron chi connectivity index (χ0n) is 17.2. The maximum atomic E-state index is 12.6. The molecule has 0 unspecified atom stereocenters. The Bertz CT molecular complexity index is 1060. The van der Waals surface area contributed by atoms with Crippen LogP contribution in [0.2, 0.25) is 10.0 Å². The van der Waals surface area contributed by atoms with Crippen LogP contribution in [0.1, 0.15) is 41.0 Å². The quantitative estimate of drug-likeness (QED) is 0.330. The smallest absolute Gasteiger partial charge is 0.220 e. The molecule has 0 radical (unpaired) electrons. The van der Waals surface area contributed by atoms with E-state index in [1.54, 1.807) is 12.3 Å². The van der Waals surface area contributed by atoms with Gasteiger partial charge in [0.2, 0.25) is 5.95 Å². The molecule has 162 valence electrons. The number of nitrogens with zero attached hydrogens (tertiary/aromatic N) is 2. The van der Waals surface area contributed by atoms with Gasteiger partial charge in [-0.3, -0.25) is 4.79 Å². The Morgan fingerprint density at radius 3 is 2.29 bits per heavy atom. The molecule has 2 aromatic carbocycles. The molecule has 3 rings (SSSR count). The molecule has 31 heavy (non-hydrogen) atoms. The number of alkyl halides is 1. The molecular formula is C23H22Cl3N3O2. The van der Waals surface area contributed by atoms with E-state index in [2.05, 4.69) is 23.8 Å². The minimum absolute atomic E-state index is 0.0469. The molecule has 0 aliphatic rings. The molecule has 0 spiro atoms. The van der Waals surface area contributed by atoms with Crippen molar-refractivity contribution in [3.05, 3.63) is 81.1 Å². The Hall–Kier alpha value is -2.34. The van der Waals surface area contributed by atoms with Gasteiger partial charge in [-0.1, -0.05) is 61.3 Å². The molecule has 0 atom stereocenters. The number of carbonyl (C=O) groups excluding carboxylic acids is 1. The fraction of sp³-hybridized carbons (Fsp3) is 0.261. The van der Waals surface area contributed by atoms with Crippen molar-refractivity contribution in [3.8, 4) is 5.75 Å². The Kier molecular flexibility index (Phi) is 7.42. The summed E-state index contributed by atoms with van der Waals surface area (Å²) in [5, 5.41) is 0.855. The number of nitrogens with two attached hydrogens (primary N) is 1. The Morgan fingerprint density at radius 1 is 1.06 bits per heavy atom. The van der Waals surface area contributed by atoms with Crippen LogP contribution < -0.4 is 10.5 Å². The number of nitrogen functional groups attached to an aromatic ring is 1. The third kappa shape index (κ3) is 5.48. The number of aromatic nitrogens is 2. The zero-order chi connectivity index (χ0) is 22.6. The summed E-state index contributed by atoms with van der Waals surface area (Å²) in [4.78, 5) is 20.5. The van der Waals surface area contributed by atoms with Gasteiger partial charge in [0.25, 0.3) is 0 Å². The number of Topliss-reactive ketones (excluding diaryl/α,β-unsaturated/α-hetero) is 1. The lowest BCUT2D eigenvalue weighted by Crippen LogP contribution is -2.19. The van der Waals surface area contributed by atoms with Gasteiger partial charge in [0.1, 0.15) is 6.61 Å². The summed E-state index contributed by atoms with van der Waals surface area (Å²) in [6.45, 7) is 4.45. The van der Waals surface area contributed by atoms with Crippen LogP contribution in [-0.2, 0) is 11.8 Å². The van der Waals surface area contributed by atoms with Crippen LogP contribution in [0.25, 0.3) is 0 Å². The van der Waals surface area contributed by atoms with Crippen molar-refractivity contribution in [2.75, 3.05) is 18.2 Å². The lowest BCUT2D eigenvalue weighted by atomic mass is 9.78. The molecule has 5 nitrogen and oxygen atoms in total. The fourth-order valence-electron chi connectivity index (χ4n) is 3.22. The number of ether oxygens (including phenoxy) is 1. The highest BCUT2D eigenvalue weighted by atomic mass is 35.5. The maximum absolute atomic E-state index is 12.6. The minimum atomic E-state index is -0.402. The molecule has 0 fully saturated rings. The molecule has 8 heteroatoms. The van der Waals surface area contributed by atoms with Crippen molar-refractivity contribution >= 4 is 46.5 Å². The first-order valence-electron chi connectivity index (χ1n) is 9.62. The van der Waals surface area contributed by atoms with Crippen molar-refractivity contribution in [2.24, 2.45) is 0 Å². The van der Waals surface area contributed by atoms with Gasteiger partial charge in [-0.15, -0.1) is 11.6 Å². The summed E-state index contributed by atoms with van der Waals surface area (Å²) >= 11 is 18.5. The molecule has 0 saturated carbocycles. The van der Waals surface area contributed by atoms with Gasteiger partial charge in [-0.05, 0) is 29.3 Å². The first kappa shape index (κ1) is 23.3. The number of carbonyl (C=O) groups is 1. The highest BCUT2D eigenvalue weighted by molar-refractivity contribution is 6.37. The summed E-state index contributed by atoms with van der Waals surface area (Å²) in [6, 6.07) is 12.9. The lowest BCUT2D eigenvalue weighted by Gasteiger charge is -2.27. The topological polar surface area (TPSA) is 78.1 Å². The second kappa shape index (κ2) is 9.86. The van der Waals surface area contributed by atoms with Crippen LogP contribution in [0, 0.1) is 0 Å². The molecule has 0 aliphatic heterocycles. The number of hydrogen-bond acceptors (Lipinski definition) is 5. The molecule has 0 saturated heterocycles. The molecule has 2 N–H and O–H groups in total. The molecular weight excluding hydrogens is 457 g/mol. The number of anilines is 1. The van der Waals surface area contributed by atoms with E-state index in [1.165, 1.54) is 0 Å². The van der Waals surface area contributed by atoms with E-state index in [9.17, 15) is 4.79 Å². The highest BCUT2D eigenvalue weighted by Crippen LogP contribution is 2.40. The molecule has 3 aromatic rings. The highest BCUT2D eigenvalue weighted by Gasteiger charge is 2.26. The molecule has 1 heterocycles. The molecule has 1 aromatic heterocycles. The van der Waals surface area contributed by atoms with Crippen LogP contribution in [0.4, 0.5) is 5.95 Å². The van der Waals surface area contributed by atoms with E-state index in [0.717, 1.165) is 11.1 Å². The van der Waals surface area contributed by atoms with Gasteiger partial charge in [0.05, 0.1) is 28.0 Å². The monoisotopic (exact) mass is 477 g/mol. The van der Waals surface area contributed by atoms with Gasteiger partial charge in [0.15, 0.2) is 11.5 Å². The van der Waals surface area contributed by atoms with E-state index in [0.29, 0.717) is 39.5 Å². The van der Waals surface area contributed by atoms with Crippen molar-refractivity contribution in [2.45, 2.75) is 25.7 Å². The van der Waals surface area contributed by atoms with E-state index < -0.39 is 5.41 Å². The normalized spacial score (nSPS) is 11.4. The van der Waals surface area contributed by atoms with Crippen LogP contribution in [0.3, 0.4) is 0 Å². The van der Waals surface area contributed by atoms with Crippen molar-refractivity contribution in [1.82, 2.24) is 9.97 Å². The summed E-state index contributed by atoms with van der Waals surface area (Å²) in [6.07, 6.45) is 1.70. The van der Waals surface area contributed by atoms with Gasteiger partial charge < -0.3 is 10.5 Å². The Balaban J connectivity index is 1.81. The first-order chi connectivity index (χ1) is 14.7. The minimum Gasteiger partial charge on any atom is -0.489 e. The van der Waals surface area contributed by atoms with Crippen LogP contribution in [0.15, 0.2) is 48.7 Å². The standard InChI is InChI=1S/C23H22Cl3N3O2/c1-23(2,16-11-18(25)21(19(26)12-16)31-10-8-24)15-5-3-14(4-6-15)20(30)13-17-7-9-28-22(27)29-17/h3-7,9,11-12H,8,10,13H2,1-2H3,(H2,27,28,29). The predicted molar refractivity (Wildman–Crippen MR) is 126 cm³/mol. The zero-order valence-corrected chi connectivity index (χ0v) is 19.4. The summed E-state index contributed by atoms with van der Waals surface area (Å²) in [5.41, 5.74) is 8.30. The number of rotatable bonds is 8. The van der Waals surface area contributed by atoms with Crippen LogP contribution in [0.5, 0.6) is 5.75 Å². The summed E-state index contributed by atoms with van der Waals surface area (Å²) < 4.78 is 5.54. The van der Waals surface area contributed by atoms with E-state index in [1.807, 2.05) is 36.4 Å². The van der Waals surface area contributed by atoms with Gasteiger partial charge in [-0.2, -0.15) is 0 Å². The van der Waals surface area contributed by atoms with E-state index in [4.69, 9.17) is 45.3 Å². The fourth-order valence-corrected chi connectivity index (χ4v) is 3.89. The average molecular weight is 479 g/mol. The summed E-state index contributed by atoms with van der Waals surface area (Å²) in [5.74, 6) is 0.873. The van der Waals surface area contributed by atoms with Crippen molar-refractivity contribution in [1.29, 1.82) is 0 Å². The van der Waals surface area contributed by atoms with Crippen molar-refractivity contribution < 1.29 is 9.53 Å². The average Bonchev–Trinajstić information content (AvgIpc) is 2.73. The second-order valence-electron chi connectivity index (χ2n) is 7.51. The number of hydrogen-bond donors (Lipinski definition) is 1. The second-order valence-corrected chi connectivity index (χ2v) is 8.71. The summed E-state index contributed by atoms with van der Waals surface area (Å²) in [7, 11) is 0. The number of ketones is 1. The van der Waals surface area contributed by atoms with Crippen LogP contribution in [-0.4, -0.2) is 28.2 Å². The van der Waals surface area contributed by atoms with E-state index in [-0.39, 0.29) is 18.2 Å².